The van der Waals surface area contributed by atoms with Crippen molar-refractivity contribution in [3.63, 3.8) is 0 Å². The average molecular weight is 571 g/mol. The van der Waals surface area contributed by atoms with Crippen molar-refractivity contribution in [3.8, 4) is 11.5 Å². The number of carbonyl (C=O) groups excluding carboxylic acids is 2. The Morgan fingerprint density at radius 1 is 0.952 bits per heavy atom. The number of ketones is 1. The molecule has 2 heterocycles. The first-order chi connectivity index (χ1) is 20.5. The molecule has 3 aromatic carbocycles. The van der Waals surface area contributed by atoms with Crippen LogP contribution in [0.5, 0.6) is 11.5 Å². The van der Waals surface area contributed by atoms with Crippen molar-refractivity contribution in [2.75, 3.05) is 46.0 Å². The summed E-state index contributed by atoms with van der Waals surface area (Å²) in [4.78, 5) is 30.8. The first kappa shape index (κ1) is 29.4. The van der Waals surface area contributed by atoms with Crippen molar-refractivity contribution in [2.45, 2.75) is 32.9 Å². The Morgan fingerprint density at radius 3 is 2.38 bits per heavy atom. The molecule has 0 bridgehead atoms. The van der Waals surface area contributed by atoms with Crippen LogP contribution in [0.15, 0.2) is 78.4 Å². The number of benzene rings is 3. The molecule has 0 saturated carbocycles. The molecular formula is C34H38N2O6. The minimum Gasteiger partial charge on any atom is -0.507 e. The van der Waals surface area contributed by atoms with E-state index < -0.39 is 17.7 Å². The molecule has 2 aliphatic heterocycles. The van der Waals surface area contributed by atoms with E-state index in [9.17, 15) is 14.7 Å². The summed E-state index contributed by atoms with van der Waals surface area (Å²) in [6.07, 6.45) is 0.698. The Bertz CT molecular complexity index is 1410. The fourth-order valence-electron chi connectivity index (χ4n) is 5.50. The number of aryl methyl sites for hydroxylation is 1. The van der Waals surface area contributed by atoms with Crippen LogP contribution in [0.2, 0.25) is 0 Å². The summed E-state index contributed by atoms with van der Waals surface area (Å²) in [7, 11) is 0. The monoisotopic (exact) mass is 570 g/mol. The lowest BCUT2D eigenvalue weighted by Crippen LogP contribution is -2.38. The van der Waals surface area contributed by atoms with Crippen LogP contribution in [0.3, 0.4) is 0 Å². The van der Waals surface area contributed by atoms with E-state index in [1.807, 2.05) is 68.4 Å². The Morgan fingerprint density at radius 2 is 1.69 bits per heavy atom. The molecule has 0 aliphatic carbocycles. The molecular weight excluding hydrogens is 532 g/mol. The maximum absolute atomic E-state index is 13.5. The molecule has 2 saturated heterocycles. The van der Waals surface area contributed by atoms with Crippen LogP contribution in [-0.2, 0) is 20.9 Å². The molecule has 0 radical (unpaired) electrons. The van der Waals surface area contributed by atoms with Gasteiger partial charge in [0.1, 0.15) is 23.9 Å². The number of nitrogens with zero attached hydrogens (tertiary/aromatic N) is 2. The number of hydrogen-bond acceptors (Lipinski definition) is 7. The molecule has 0 spiro atoms. The first-order valence-electron chi connectivity index (χ1n) is 14.5. The lowest BCUT2D eigenvalue weighted by atomic mass is 9.94. The minimum absolute atomic E-state index is 0.0906. The minimum atomic E-state index is -0.718. The van der Waals surface area contributed by atoms with E-state index in [-0.39, 0.29) is 11.3 Å². The molecule has 1 atom stereocenters. The fraction of sp³-hybridized carbons (Fsp3) is 0.353. The summed E-state index contributed by atoms with van der Waals surface area (Å²) in [5.41, 5.74) is 3.18. The largest absolute Gasteiger partial charge is 0.507 e. The van der Waals surface area contributed by atoms with Crippen molar-refractivity contribution in [3.05, 3.63) is 101 Å². The van der Waals surface area contributed by atoms with Crippen LogP contribution in [0.25, 0.3) is 5.76 Å². The normalized spacial score (nSPS) is 18.8. The van der Waals surface area contributed by atoms with Crippen LogP contribution in [-0.4, -0.2) is 72.6 Å². The molecule has 1 amide bonds. The van der Waals surface area contributed by atoms with Crippen LogP contribution >= 0.6 is 0 Å². The Hall–Kier alpha value is -4.14. The summed E-state index contributed by atoms with van der Waals surface area (Å²) in [5.74, 6) is -0.0887. The fourth-order valence-corrected chi connectivity index (χ4v) is 5.50. The highest BCUT2D eigenvalue weighted by Gasteiger charge is 2.45. The molecule has 1 N–H and O–H groups in total. The summed E-state index contributed by atoms with van der Waals surface area (Å²) >= 11 is 0. The second-order valence-corrected chi connectivity index (χ2v) is 10.6. The predicted octanol–water partition coefficient (Wildman–Crippen LogP) is 5.12. The number of hydrogen-bond donors (Lipinski definition) is 1. The van der Waals surface area contributed by atoms with Gasteiger partial charge in [-0.25, -0.2) is 0 Å². The van der Waals surface area contributed by atoms with E-state index in [1.54, 1.807) is 23.1 Å². The average Bonchev–Trinajstić information content (AvgIpc) is 3.27. The SMILES string of the molecule is CCOc1ccc(/C(O)=C2\C(=O)C(=O)N(CCCN3CCOCC3)C2c2ccc(OCc3ccccc3)cc2)cc1C. The van der Waals surface area contributed by atoms with Gasteiger partial charge in [-0.15, -0.1) is 0 Å². The topological polar surface area (TPSA) is 88.5 Å². The van der Waals surface area contributed by atoms with Gasteiger partial charge in [0.25, 0.3) is 11.7 Å². The van der Waals surface area contributed by atoms with Gasteiger partial charge in [0, 0.05) is 31.7 Å². The number of rotatable bonds is 11. The van der Waals surface area contributed by atoms with Gasteiger partial charge in [-0.2, -0.15) is 0 Å². The number of morpholine rings is 1. The Kier molecular flexibility index (Phi) is 9.56. The van der Waals surface area contributed by atoms with Gasteiger partial charge in [0.05, 0.1) is 31.4 Å². The highest BCUT2D eigenvalue weighted by atomic mass is 16.5. The molecule has 1 unspecified atom stereocenters. The molecule has 2 aliphatic rings. The maximum Gasteiger partial charge on any atom is 0.295 e. The van der Waals surface area contributed by atoms with Gasteiger partial charge < -0.3 is 24.2 Å². The van der Waals surface area contributed by atoms with E-state index in [2.05, 4.69) is 4.90 Å². The summed E-state index contributed by atoms with van der Waals surface area (Å²) in [6.45, 7) is 9.03. The summed E-state index contributed by atoms with van der Waals surface area (Å²) in [6, 6.07) is 21.9. The van der Waals surface area contributed by atoms with Gasteiger partial charge in [-0.3, -0.25) is 14.5 Å². The second-order valence-electron chi connectivity index (χ2n) is 10.6. The zero-order valence-corrected chi connectivity index (χ0v) is 24.3. The number of carbonyl (C=O) groups is 2. The van der Waals surface area contributed by atoms with Crippen molar-refractivity contribution < 1.29 is 28.9 Å². The molecule has 42 heavy (non-hydrogen) atoms. The van der Waals surface area contributed by atoms with Gasteiger partial charge in [-0.1, -0.05) is 42.5 Å². The van der Waals surface area contributed by atoms with Crippen LogP contribution in [0.4, 0.5) is 0 Å². The van der Waals surface area contributed by atoms with E-state index >= 15 is 0 Å². The highest BCUT2D eigenvalue weighted by Crippen LogP contribution is 2.40. The van der Waals surface area contributed by atoms with E-state index in [1.165, 1.54) is 0 Å². The number of amides is 1. The third-order valence-electron chi connectivity index (χ3n) is 7.71. The van der Waals surface area contributed by atoms with Crippen LogP contribution in [0.1, 0.15) is 41.6 Å². The number of aliphatic hydroxyl groups is 1. The highest BCUT2D eigenvalue weighted by molar-refractivity contribution is 6.46. The molecule has 2 fully saturated rings. The quantitative estimate of drug-likeness (QED) is 0.195. The van der Waals surface area contributed by atoms with Crippen LogP contribution in [0, 0.1) is 6.92 Å². The predicted molar refractivity (Wildman–Crippen MR) is 160 cm³/mol. The molecule has 3 aromatic rings. The van der Waals surface area contributed by atoms with Gasteiger partial charge in [-0.05, 0) is 67.3 Å². The Balaban J connectivity index is 1.43. The van der Waals surface area contributed by atoms with E-state index in [4.69, 9.17) is 14.2 Å². The number of Topliss-reactive ketones (excluding diaryl/α,β-unsaturated/α-hetero) is 1. The zero-order valence-electron chi connectivity index (χ0n) is 24.3. The third-order valence-corrected chi connectivity index (χ3v) is 7.71. The van der Waals surface area contributed by atoms with E-state index in [0.717, 1.165) is 36.3 Å². The number of ether oxygens (including phenoxy) is 3. The van der Waals surface area contributed by atoms with Gasteiger partial charge in [0.15, 0.2) is 0 Å². The van der Waals surface area contributed by atoms with Crippen molar-refractivity contribution in [1.29, 1.82) is 0 Å². The summed E-state index contributed by atoms with van der Waals surface area (Å²) < 4.78 is 17.1. The zero-order chi connectivity index (χ0) is 29.5. The Labute approximate surface area is 247 Å². The van der Waals surface area contributed by atoms with Crippen molar-refractivity contribution in [1.82, 2.24) is 9.80 Å². The van der Waals surface area contributed by atoms with E-state index in [0.29, 0.717) is 56.5 Å². The lowest BCUT2D eigenvalue weighted by Gasteiger charge is -2.29. The number of aliphatic hydroxyl groups excluding tert-OH is 1. The van der Waals surface area contributed by atoms with Crippen molar-refractivity contribution in [2.24, 2.45) is 0 Å². The third kappa shape index (κ3) is 6.66. The lowest BCUT2D eigenvalue weighted by molar-refractivity contribution is -0.140. The van der Waals surface area contributed by atoms with Crippen molar-refractivity contribution >= 4 is 17.4 Å². The van der Waals surface area contributed by atoms with Crippen LogP contribution < -0.4 is 9.47 Å². The molecule has 8 heteroatoms. The smallest absolute Gasteiger partial charge is 0.295 e. The van der Waals surface area contributed by atoms with Gasteiger partial charge >= 0.3 is 0 Å². The first-order valence-corrected chi connectivity index (χ1v) is 14.5. The standard InChI is InChI=1S/C34H38N2O6/c1-3-41-29-15-12-27(22-24(29)2)32(37)30-31(26-10-13-28(14-11-26)42-23-25-8-5-4-6-9-25)36(34(39)33(30)38)17-7-16-35-18-20-40-21-19-35/h4-6,8-15,22,31,37H,3,7,16-21,23H2,1-2H3/b32-30+. The number of likely N-dealkylation sites (tertiary alicyclic amines) is 1. The molecule has 8 nitrogen and oxygen atoms in total. The molecule has 5 rings (SSSR count). The summed E-state index contributed by atoms with van der Waals surface area (Å²) in [5, 5.41) is 11.5. The molecule has 220 valence electrons. The maximum atomic E-state index is 13.5. The second kappa shape index (κ2) is 13.7. The van der Waals surface area contributed by atoms with Gasteiger partial charge in [0.2, 0.25) is 0 Å². The molecule has 0 aromatic heterocycles.